The maximum atomic E-state index is 11.7. The number of hydrogen-bond acceptors (Lipinski definition) is 7. The molecule has 142 valence electrons. The molecular weight excluding hydrogens is 358 g/mol. The third kappa shape index (κ3) is 4.29. The molecule has 0 bridgehead atoms. The van der Waals surface area contributed by atoms with Crippen molar-refractivity contribution in [3.63, 3.8) is 0 Å². The summed E-state index contributed by atoms with van der Waals surface area (Å²) < 4.78 is 0. The molecule has 8 heteroatoms. The molecule has 0 saturated carbocycles. The fraction of sp³-hybridized carbons (Fsp3) is 0.150. The highest BCUT2D eigenvalue weighted by Gasteiger charge is 2.23. The SMILES string of the molecule is CC(=O)c1cccc(Nc2ncnc(Nc3cc(C)cc(C)c3)c2[N+](=O)[O-])c1. The molecule has 28 heavy (non-hydrogen) atoms. The molecule has 3 rings (SSSR count). The molecule has 0 amide bonds. The molecule has 0 radical (unpaired) electrons. The molecule has 0 aliphatic rings. The Bertz CT molecular complexity index is 1050. The second kappa shape index (κ2) is 7.83. The number of hydrogen-bond donors (Lipinski definition) is 2. The average molecular weight is 377 g/mol. The van der Waals surface area contributed by atoms with Crippen molar-refractivity contribution in [3.8, 4) is 0 Å². The third-order valence-electron chi connectivity index (χ3n) is 4.02. The van der Waals surface area contributed by atoms with Gasteiger partial charge in [-0.15, -0.1) is 0 Å². The quantitative estimate of drug-likeness (QED) is 0.364. The Morgan fingerprint density at radius 3 is 2.14 bits per heavy atom. The maximum absolute atomic E-state index is 11.7. The van der Waals surface area contributed by atoms with Crippen molar-refractivity contribution >= 4 is 34.5 Å². The zero-order chi connectivity index (χ0) is 20.3. The normalized spacial score (nSPS) is 10.4. The Kier molecular flexibility index (Phi) is 5.30. The lowest BCUT2D eigenvalue weighted by molar-refractivity contribution is -0.383. The van der Waals surface area contributed by atoms with Gasteiger partial charge in [-0.2, -0.15) is 0 Å². The van der Waals surface area contributed by atoms with Gasteiger partial charge in [0, 0.05) is 16.9 Å². The molecule has 0 saturated heterocycles. The van der Waals surface area contributed by atoms with E-state index in [1.807, 2.05) is 32.0 Å². The van der Waals surface area contributed by atoms with Crippen LogP contribution in [0, 0.1) is 24.0 Å². The number of carbonyl (C=O) groups excluding carboxylic acids is 1. The lowest BCUT2D eigenvalue weighted by Gasteiger charge is -2.11. The molecule has 2 N–H and O–H groups in total. The number of anilines is 4. The van der Waals surface area contributed by atoms with Crippen molar-refractivity contribution in [2.24, 2.45) is 0 Å². The van der Waals surface area contributed by atoms with Gasteiger partial charge >= 0.3 is 5.69 Å². The number of nitrogens with zero attached hydrogens (tertiary/aromatic N) is 3. The Morgan fingerprint density at radius 2 is 1.57 bits per heavy atom. The van der Waals surface area contributed by atoms with Gasteiger partial charge < -0.3 is 10.6 Å². The lowest BCUT2D eigenvalue weighted by Crippen LogP contribution is -2.06. The van der Waals surface area contributed by atoms with Crippen LogP contribution in [0.4, 0.5) is 28.7 Å². The molecule has 0 unspecified atom stereocenters. The van der Waals surface area contributed by atoms with Crippen molar-refractivity contribution < 1.29 is 9.72 Å². The molecule has 3 aromatic rings. The molecule has 1 heterocycles. The van der Waals surface area contributed by atoms with E-state index in [4.69, 9.17) is 0 Å². The van der Waals surface area contributed by atoms with Gasteiger partial charge in [0.25, 0.3) is 0 Å². The van der Waals surface area contributed by atoms with Crippen LogP contribution in [0.3, 0.4) is 0 Å². The number of aromatic nitrogens is 2. The standard InChI is InChI=1S/C20H19N5O3/c1-12-7-13(2)9-17(8-12)24-20-18(25(27)28)19(21-11-22-20)23-16-6-4-5-15(10-16)14(3)26/h4-11H,1-3H3,(H2,21,22,23,24). The van der Waals surface area contributed by atoms with E-state index < -0.39 is 4.92 Å². The minimum Gasteiger partial charge on any atom is -0.334 e. The summed E-state index contributed by atoms with van der Waals surface area (Å²) in [6.07, 6.45) is 1.25. The fourth-order valence-corrected chi connectivity index (χ4v) is 2.87. The van der Waals surface area contributed by atoms with Crippen molar-refractivity contribution in [2.75, 3.05) is 10.6 Å². The number of aryl methyl sites for hydroxylation is 2. The third-order valence-corrected chi connectivity index (χ3v) is 4.02. The Morgan fingerprint density at radius 1 is 0.964 bits per heavy atom. The van der Waals surface area contributed by atoms with E-state index in [0.717, 1.165) is 11.1 Å². The van der Waals surface area contributed by atoms with Gasteiger partial charge in [0.2, 0.25) is 11.6 Å². The van der Waals surface area contributed by atoms with E-state index in [-0.39, 0.29) is 23.1 Å². The molecule has 2 aromatic carbocycles. The van der Waals surface area contributed by atoms with Crippen molar-refractivity contribution in [1.82, 2.24) is 9.97 Å². The number of carbonyl (C=O) groups is 1. The number of ketones is 1. The highest BCUT2D eigenvalue weighted by atomic mass is 16.6. The molecule has 0 fully saturated rings. The van der Waals surface area contributed by atoms with Crippen LogP contribution in [0.5, 0.6) is 0 Å². The van der Waals surface area contributed by atoms with E-state index in [1.54, 1.807) is 24.3 Å². The first-order valence-electron chi connectivity index (χ1n) is 8.56. The summed E-state index contributed by atoms with van der Waals surface area (Å²) in [7, 11) is 0. The van der Waals surface area contributed by atoms with Gasteiger partial charge in [-0.1, -0.05) is 18.2 Å². The second-order valence-corrected chi connectivity index (χ2v) is 6.44. The smallest absolute Gasteiger partial charge is 0.334 e. The monoisotopic (exact) mass is 377 g/mol. The van der Waals surface area contributed by atoms with Crippen LogP contribution >= 0.6 is 0 Å². The number of nitrogens with one attached hydrogen (secondary N) is 2. The molecule has 0 aliphatic heterocycles. The van der Waals surface area contributed by atoms with E-state index in [9.17, 15) is 14.9 Å². The summed E-state index contributed by atoms with van der Waals surface area (Å²) in [5.74, 6) is 0.0146. The maximum Gasteiger partial charge on any atom is 0.353 e. The van der Waals surface area contributed by atoms with Crippen LogP contribution in [-0.4, -0.2) is 20.7 Å². The van der Waals surface area contributed by atoms with Crippen LogP contribution in [0.1, 0.15) is 28.4 Å². The molecule has 0 spiro atoms. The summed E-state index contributed by atoms with van der Waals surface area (Å²) in [5, 5.41) is 17.6. The fourth-order valence-electron chi connectivity index (χ4n) is 2.87. The number of benzene rings is 2. The molecule has 0 aliphatic carbocycles. The van der Waals surface area contributed by atoms with Crippen molar-refractivity contribution in [2.45, 2.75) is 20.8 Å². The second-order valence-electron chi connectivity index (χ2n) is 6.44. The van der Waals surface area contributed by atoms with Gasteiger partial charge in [0.05, 0.1) is 4.92 Å². The summed E-state index contributed by atoms with van der Waals surface area (Å²) in [6.45, 7) is 5.35. The largest absolute Gasteiger partial charge is 0.353 e. The summed E-state index contributed by atoms with van der Waals surface area (Å²) in [6, 6.07) is 12.5. The highest BCUT2D eigenvalue weighted by molar-refractivity contribution is 5.95. The Hall–Kier alpha value is -3.81. The van der Waals surface area contributed by atoms with Crippen LogP contribution < -0.4 is 10.6 Å². The molecule has 8 nitrogen and oxygen atoms in total. The van der Waals surface area contributed by atoms with E-state index in [2.05, 4.69) is 20.6 Å². The first-order chi connectivity index (χ1) is 13.3. The average Bonchev–Trinajstić information content (AvgIpc) is 2.61. The van der Waals surface area contributed by atoms with E-state index in [0.29, 0.717) is 16.9 Å². The highest BCUT2D eigenvalue weighted by Crippen LogP contribution is 2.33. The Labute approximate surface area is 161 Å². The minimum absolute atomic E-state index is 0.0348. The summed E-state index contributed by atoms with van der Waals surface area (Å²) in [5.41, 5.74) is 3.48. The van der Waals surface area contributed by atoms with Gasteiger partial charge in [-0.05, 0) is 56.2 Å². The number of rotatable bonds is 6. The van der Waals surface area contributed by atoms with Crippen LogP contribution in [-0.2, 0) is 0 Å². The van der Waals surface area contributed by atoms with Crippen molar-refractivity contribution in [1.29, 1.82) is 0 Å². The number of Topliss-reactive ketones (excluding diaryl/α,β-unsaturated/α-hetero) is 1. The van der Waals surface area contributed by atoms with Gasteiger partial charge in [0.1, 0.15) is 6.33 Å². The topological polar surface area (TPSA) is 110 Å². The van der Waals surface area contributed by atoms with Gasteiger partial charge in [-0.25, -0.2) is 9.97 Å². The lowest BCUT2D eigenvalue weighted by atomic mass is 10.1. The molecule has 1 aromatic heterocycles. The van der Waals surface area contributed by atoms with Crippen LogP contribution in [0.25, 0.3) is 0 Å². The van der Waals surface area contributed by atoms with Crippen LogP contribution in [0.15, 0.2) is 48.8 Å². The zero-order valence-corrected chi connectivity index (χ0v) is 15.7. The summed E-state index contributed by atoms with van der Waals surface area (Å²) >= 11 is 0. The first-order valence-corrected chi connectivity index (χ1v) is 8.56. The van der Waals surface area contributed by atoms with E-state index in [1.165, 1.54) is 13.3 Å². The zero-order valence-electron chi connectivity index (χ0n) is 15.7. The van der Waals surface area contributed by atoms with Crippen molar-refractivity contribution in [3.05, 3.63) is 75.6 Å². The first kappa shape index (κ1) is 19.0. The van der Waals surface area contributed by atoms with Gasteiger partial charge in [-0.3, -0.25) is 14.9 Å². The number of nitro groups is 1. The molecule has 0 atom stereocenters. The predicted molar refractivity (Wildman–Crippen MR) is 108 cm³/mol. The van der Waals surface area contributed by atoms with Crippen LogP contribution in [0.2, 0.25) is 0 Å². The minimum atomic E-state index is -0.540. The van der Waals surface area contributed by atoms with E-state index >= 15 is 0 Å². The Balaban J connectivity index is 1.99. The predicted octanol–water partition coefficient (Wildman–Crippen LogP) is 4.69. The van der Waals surface area contributed by atoms with Gasteiger partial charge in [0.15, 0.2) is 5.78 Å². The summed E-state index contributed by atoms with van der Waals surface area (Å²) in [4.78, 5) is 30.8. The molecular formula is C20H19N5O3.